The van der Waals surface area contributed by atoms with Crippen LogP contribution in [0.2, 0.25) is 0 Å². The molecule has 2 heterocycles. The molecular formula is C11H6F3IN4S. The minimum atomic E-state index is -4.56. The van der Waals surface area contributed by atoms with E-state index < -0.39 is 12.0 Å². The largest absolute Gasteiger partial charge is 0.453 e. The van der Waals surface area contributed by atoms with Crippen LogP contribution in [0.3, 0.4) is 0 Å². The minimum absolute atomic E-state index is 0.128. The lowest BCUT2D eigenvalue weighted by Gasteiger charge is -2.01. The summed E-state index contributed by atoms with van der Waals surface area (Å²) in [5, 5.41) is 11.1. The normalized spacial score (nSPS) is 12.2. The van der Waals surface area contributed by atoms with Gasteiger partial charge in [0.1, 0.15) is 5.01 Å². The van der Waals surface area contributed by atoms with E-state index in [2.05, 4.69) is 37.9 Å². The van der Waals surface area contributed by atoms with Crippen LogP contribution < -0.4 is 0 Å². The van der Waals surface area contributed by atoms with Crippen LogP contribution in [-0.2, 0) is 6.18 Å². The molecule has 104 valence electrons. The SMILES string of the molecule is Cc1ccc(-c2nn3c(C(F)(F)F)nnc3s2)cc1I. The summed E-state index contributed by atoms with van der Waals surface area (Å²) in [4.78, 5) is 0.128. The molecule has 4 nitrogen and oxygen atoms in total. The molecule has 0 bridgehead atoms. The number of hydrogen-bond donors (Lipinski definition) is 0. The van der Waals surface area contributed by atoms with Crippen LogP contribution in [-0.4, -0.2) is 19.8 Å². The fourth-order valence-corrected chi connectivity index (χ4v) is 2.99. The maximum atomic E-state index is 12.7. The smallest absolute Gasteiger partial charge is 0.178 e. The minimum Gasteiger partial charge on any atom is -0.178 e. The predicted octanol–water partition coefficient (Wildman–Crippen LogP) is 3.78. The van der Waals surface area contributed by atoms with Crippen molar-refractivity contribution in [1.29, 1.82) is 0 Å². The summed E-state index contributed by atoms with van der Waals surface area (Å²) >= 11 is 3.25. The Hall–Kier alpha value is -1.23. The monoisotopic (exact) mass is 410 g/mol. The van der Waals surface area contributed by atoms with E-state index in [1.54, 1.807) is 0 Å². The molecule has 0 radical (unpaired) electrons. The molecule has 0 atom stereocenters. The first-order chi connectivity index (χ1) is 9.36. The third-order valence-corrected chi connectivity index (χ3v) is 4.77. The molecule has 0 N–H and O–H groups in total. The van der Waals surface area contributed by atoms with Gasteiger partial charge in [-0.15, -0.1) is 10.2 Å². The lowest BCUT2D eigenvalue weighted by molar-refractivity contribution is -0.146. The number of benzene rings is 1. The van der Waals surface area contributed by atoms with Crippen molar-refractivity contribution in [3.63, 3.8) is 0 Å². The van der Waals surface area contributed by atoms with Crippen LogP contribution in [0.4, 0.5) is 13.2 Å². The fraction of sp³-hybridized carbons (Fsp3) is 0.182. The van der Waals surface area contributed by atoms with Crippen molar-refractivity contribution in [3.8, 4) is 10.6 Å². The van der Waals surface area contributed by atoms with E-state index in [4.69, 9.17) is 0 Å². The number of aromatic nitrogens is 4. The standard InChI is InChI=1S/C11H6F3IN4S/c1-5-2-3-6(4-7(5)15)8-18-19-9(11(12,13)14)16-17-10(19)20-8/h2-4H,1H3. The van der Waals surface area contributed by atoms with Crippen LogP contribution in [0, 0.1) is 10.5 Å². The van der Waals surface area contributed by atoms with E-state index in [1.807, 2.05) is 25.1 Å². The van der Waals surface area contributed by atoms with Crippen LogP contribution >= 0.6 is 33.9 Å². The Kier molecular flexibility index (Phi) is 3.20. The van der Waals surface area contributed by atoms with Crippen molar-refractivity contribution in [2.45, 2.75) is 13.1 Å². The van der Waals surface area contributed by atoms with Gasteiger partial charge in [-0.2, -0.15) is 22.8 Å². The van der Waals surface area contributed by atoms with Gasteiger partial charge in [-0.05, 0) is 41.1 Å². The highest BCUT2D eigenvalue weighted by Crippen LogP contribution is 2.32. The predicted molar refractivity (Wildman–Crippen MR) is 76.6 cm³/mol. The van der Waals surface area contributed by atoms with E-state index in [0.717, 1.165) is 30.5 Å². The van der Waals surface area contributed by atoms with Gasteiger partial charge < -0.3 is 0 Å². The zero-order valence-corrected chi connectivity index (χ0v) is 12.9. The van der Waals surface area contributed by atoms with Gasteiger partial charge in [-0.25, -0.2) is 0 Å². The van der Waals surface area contributed by atoms with E-state index >= 15 is 0 Å². The molecule has 0 saturated carbocycles. The summed E-state index contributed by atoms with van der Waals surface area (Å²) in [6.45, 7) is 1.96. The van der Waals surface area contributed by atoms with Gasteiger partial charge in [0, 0.05) is 9.13 Å². The molecule has 20 heavy (non-hydrogen) atoms. The van der Waals surface area contributed by atoms with Crippen molar-refractivity contribution in [3.05, 3.63) is 33.2 Å². The molecule has 0 aliphatic carbocycles. The summed E-state index contributed by atoms with van der Waals surface area (Å²) in [6, 6.07) is 5.62. The second-order valence-corrected chi connectivity index (χ2v) is 6.21. The number of alkyl halides is 3. The second kappa shape index (κ2) is 4.65. The maximum absolute atomic E-state index is 12.7. The molecule has 0 unspecified atom stereocenters. The Labute approximate surface area is 128 Å². The molecule has 9 heteroatoms. The van der Waals surface area contributed by atoms with E-state index in [9.17, 15) is 13.2 Å². The van der Waals surface area contributed by atoms with Crippen LogP contribution in [0.15, 0.2) is 18.2 Å². The first-order valence-corrected chi connectivity index (χ1v) is 7.32. The van der Waals surface area contributed by atoms with Gasteiger partial charge in [-0.1, -0.05) is 23.5 Å². The molecule has 0 spiro atoms. The van der Waals surface area contributed by atoms with Gasteiger partial charge in [0.2, 0.25) is 4.96 Å². The van der Waals surface area contributed by atoms with E-state index in [-0.39, 0.29) is 4.96 Å². The van der Waals surface area contributed by atoms with Crippen molar-refractivity contribution in [1.82, 2.24) is 19.8 Å². The maximum Gasteiger partial charge on any atom is 0.453 e. The summed E-state index contributed by atoms with van der Waals surface area (Å²) in [6.07, 6.45) is -4.56. The molecular weight excluding hydrogens is 404 g/mol. The summed E-state index contributed by atoms with van der Waals surface area (Å²) in [5.74, 6) is -1.10. The Morgan fingerprint density at radius 1 is 1.25 bits per heavy atom. The van der Waals surface area contributed by atoms with Gasteiger partial charge in [0.15, 0.2) is 0 Å². The Balaban J connectivity index is 2.14. The van der Waals surface area contributed by atoms with Crippen LogP contribution in [0.25, 0.3) is 15.5 Å². The molecule has 0 aliphatic rings. The second-order valence-electron chi connectivity index (χ2n) is 4.09. The summed E-state index contributed by atoms with van der Waals surface area (Å²) < 4.78 is 39.9. The van der Waals surface area contributed by atoms with Gasteiger partial charge in [0.25, 0.3) is 5.82 Å². The molecule has 2 aromatic heterocycles. The zero-order valence-electron chi connectivity index (χ0n) is 9.94. The lowest BCUT2D eigenvalue weighted by Crippen LogP contribution is -2.11. The Morgan fingerprint density at radius 3 is 2.65 bits per heavy atom. The Bertz CT molecular complexity index is 793. The van der Waals surface area contributed by atoms with Crippen LogP contribution in [0.5, 0.6) is 0 Å². The molecule has 1 aromatic carbocycles. The highest BCUT2D eigenvalue weighted by Gasteiger charge is 2.38. The molecule has 0 aliphatic heterocycles. The molecule has 0 fully saturated rings. The van der Waals surface area contributed by atoms with Gasteiger partial charge in [-0.3, -0.25) is 0 Å². The number of fused-ring (bicyclic) bond motifs is 1. The lowest BCUT2D eigenvalue weighted by atomic mass is 10.2. The molecule has 0 saturated heterocycles. The average molecular weight is 410 g/mol. The third kappa shape index (κ3) is 2.28. The number of halogens is 4. The molecule has 3 rings (SSSR count). The van der Waals surface area contributed by atoms with Gasteiger partial charge >= 0.3 is 6.18 Å². The quantitative estimate of drug-likeness (QED) is 0.574. The van der Waals surface area contributed by atoms with Gasteiger partial charge in [0.05, 0.1) is 0 Å². The average Bonchev–Trinajstić information content (AvgIpc) is 2.90. The highest BCUT2D eigenvalue weighted by atomic mass is 127. The topological polar surface area (TPSA) is 43.1 Å². The summed E-state index contributed by atoms with van der Waals surface area (Å²) in [7, 11) is 0. The van der Waals surface area contributed by atoms with E-state index in [0.29, 0.717) is 5.01 Å². The number of aryl methyl sites for hydroxylation is 1. The highest BCUT2D eigenvalue weighted by molar-refractivity contribution is 14.1. The third-order valence-electron chi connectivity index (χ3n) is 2.66. The van der Waals surface area contributed by atoms with Crippen molar-refractivity contribution in [2.75, 3.05) is 0 Å². The summed E-state index contributed by atoms with van der Waals surface area (Å²) in [5.41, 5.74) is 1.87. The van der Waals surface area contributed by atoms with Crippen molar-refractivity contribution in [2.24, 2.45) is 0 Å². The first kappa shape index (κ1) is 13.7. The first-order valence-electron chi connectivity index (χ1n) is 5.42. The molecule has 3 aromatic rings. The molecule has 0 amide bonds. The number of nitrogens with zero attached hydrogens (tertiary/aromatic N) is 4. The zero-order chi connectivity index (χ0) is 14.5. The fourth-order valence-electron chi connectivity index (χ4n) is 1.64. The van der Waals surface area contributed by atoms with E-state index in [1.165, 1.54) is 0 Å². The Morgan fingerprint density at radius 2 is 2.00 bits per heavy atom. The van der Waals surface area contributed by atoms with Crippen molar-refractivity contribution >= 4 is 38.9 Å². The van der Waals surface area contributed by atoms with Crippen LogP contribution in [0.1, 0.15) is 11.4 Å². The van der Waals surface area contributed by atoms with Crippen molar-refractivity contribution < 1.29 is 13.2 Å². The number of rotatable bonds is 1. The number of hydrogen-bond acceptors (Lipinski definition) is 4.